The molecule has 3 N–H and O–H groups in total. The topological polar surface area (TPSA) is 203 Å². The number of amides is 5. The van der Waals surface area contributed by atoms with Crippen LogP contribution in [0.3, 0.4) is 0 Å². The van der Waals surface area contributed by atoms with Gasteiger partial charge in [-0.2, -0.15) is 0 Å². The zero-order chi connectivity index (χ0) is 52.4. The lowest BCUT2D eigenvalue weighted by Gasteiger charge is -2.43. The fourth-order valence-electron chi connectivity index (χ4n) is 8.48. The van der Waals surface area contributed by atoms with Crippen molar-refractivity contribution in [2.24, 2.45) is 17.3 Å². The molecule has 2 aromatic carbocycles. The molecule has 72 heavy (non-hydrogen) atoms. The first kappa shape index (κ1) is 57.3. The Bertz CT molecular complexity index is 2260. The number of benzene rings is 2. The predicted molar refractivity (Wildman–Crippen MR) is 263 cm³/mol. The summed E-state index contributed by atoms with van der Waals surface area (Å²) >= 11 is 0. The molecule has 18 nitrogen and oxygen atoms in total. The van der Waals surface area contributed by atoms with E-state index in [-0.39, 0.29) is 87.2 Å². The van der Waals surface area contributed by atoms with Crippen LogP contribution in [0.5, 0.6) is 0 Å². The molecular formula is C52H73F2N7O11. The lowest BCUT2D eigenvalue weighted by Crippen LogP contribution is -2.47. The van der Waals surface area contributed by atoms with Crippen LogP contribution in [0.25, 0.3) is 11.3 Å². The second-order valence-electron chi connectivity index (χ2n) is 20.0. The van der Waals surface area contributed by atoms with E-state index in [1.54, 1.807) is 38.8 Å². The number of hydrogen-bond acceptors (Lipinski definition) is 13. The molecule has 0 aliphatic carbocycles. The molecule has 0 radical (unpaired) electrons. The quantitative estimate of drug-likeness (QED) is 0.0494. The Balaban J connectivity index is 1.09. The van der Waals surface area contributed by atoms with E-state index in [0.29, 0.717) is 65.0 Å². The number of carbonyl (C=O) groups is 5. The van der Waals surface area contributed by atoms with Gasteiger partial charge in [0.05, 0.1) is 64.6 Å². The van der Waals surface area contributed by atoms with Gasteiger partial charge in [0, 0.05) is 82.6 Å². The maximum absolute atomic E-state index is 15.3. The Morgan fingerprint density at radius 3 is 2.01 bits per heavy atom. The Morgan fingerprint density at radius 2 is 1.40 bits per heavy atom. The molecule has 1 aromatic heterocycles. The van der Waals surface area contributed by atoms with Crippen molar-refractivity contribution < 1.29 is 61.5 Å². The second-order valence-corrected chi connectivity index (χ2v) is 20.0. The molecule has 3 heterocycles. The van der Waals surface area contributed by atoms with E-state index in [0.717, 1.165) is 28.7 Å². The number of imidazole rings is 1. The van der Waals surface area contributed by atoms with E-state index in [2.05, 4.69) is 10.6 Å². The summed E-state index contributed by atoms with van der Waals surface area (Å²) in [4.78, 5) is 71.3. The van der Waals surface area contributed by atoms with Gasteiger partial charge in [-0.3, -0.25) is 29.0 Å². The smallest absolute Gasteiger partial charge is 0.410 e. The van der Waals surface area contributed by atoms with Gasteiger partial charge >= 0.3 is 6.09 Å². The van der Waals surface area contributed by atoms with Crippen LogP contribution in [-0.2, 0) is 49.4 Å². The first-order valence-electron chi connectivity index (χ1n) is 24.6. The summed E-state index contributed by atoms with van der Waals surface area (Å²) in [5.41, 5.74) is -0.0721. The zero-order valence-corrected chi connectivity index (χ0v) is 42.7. The molecule has 0 saturated carbocycles. The third-order valence-electron chi connectivity index (χ3n) is 11.9. The number of halogens is 2. The average Bonchev–Trinajstić information content (AvgIpc) is 4.01. The van der Waals surface area contributed by atoms with Crippen molar-refractivity contribution in [1.29, 1.82) is 0 Å². The van der Waals surface area contributed by atoms with Crippen molar-refractivity contribution >= 4 is 29.7 Å². The predicted octanol–water partition coefficient (Wildman–Crippen LogP) is 5.09. The molecule has 20 heteroatoms. The molecule has 4 atom stereocenters. The maximum atomic E-state index is 15.3. The molecule has 5 rings (SSSR count). The summed E-state index contributed by atoms with van der Waals surface area (Å²) in [6.45, 7) is 17.3. The van der Waals surface area contributed by atoms with Crippen LogP contribution < -0.4 is 10.6 Å². The third-order valence-corrected chi connectivity index (χ3v) is 11.9. The largest absolute Gasteiger partial charge is 0.444 e. The van der Waals surface area contributed by atoms with E-state index >= 15 is 4.39 Å². The van der Waals surface area contributed by atoms with Gasteiger partial charge in [-0.1, -0.05) is 51.1 Å². The van der Waals surface area contributed by atoms with Crippen molar-refractivity contribution in [3.8, 4) is 11.3 Å². The van der Waals surface area contributed by atoms with Gasteiger partial charge in [0.15, 0.2) is 0 Å². The molecule has 0 bridgehead atoms. The van der Waals surface area contributed by atoms with Gasteiger partial charge in [0.25, 0.3) is 11.8 Å². The summed E-state index contributed by atoms with van der Waals surface area (Å²) in [5, 5.41) is 17.3. The van der Waals surface area contributed by atoms with E-state index in [9.17, 15) is 33.5 Å². The number of nitrogens with zero attached hydrogens (tertiary/aromatic N) is 5. The Kier molecular flexibility index (Phi) is 21.8. The molecule has 396 valence electrons. The number of ether oxygens (including phenoxy) is 5. The first-order valence-corrected chi connectivity index (χ1v) is 24.6. The lowest BCUT2D eigenvalue weighted by molar-refractivity contribution is -0.137. The van der Waals surface area contributed by atoms with Crippen molar-refractivity contribution in [3.05, 3.63) is 89.9 Å². The number of nitrogens with one attached hydrogen (secondary N) is 2. The molecular weight excluding hydrogens is 937 g/mol. The number of rotatable bonds is 28. The van der Waals surface area contributed by atoms with Gasteiger partial charge in [-0.25, -0.2) is 18.6 Å². The van der Waals surface area contributed by atoms with E-state index in [1.165, 1.54) is 12.2 Å². The number of carbonyl (C=O) groups excluding carboxylic acids is 5. The molecule has 2 aliphatic heterocycles. The van der Waals surface area contributed by atoms with Gasteiger partial charge in [0.1, 0.15) is 29.3 Å². The van der Waals surface area contributed by atoms with Gasteiger partial charge < -0.3 is 48.9 Å². The van der Waals surface area contributed by atoms with Crippen LogP contribution in [0.1, 0.15) is 78.7 Å². The number of aliphatic hydroxyl groups excluding tert-OH is 1. The summed E-state index contributed by atoms with van der Waals surface area (Å²) in [7, 11) is 0. The van der Waals surface area contributed by atoms with Crippen molar-refractivity contribution in [2.45, 2.75) is 85.7 Å². The first-order chi connectivity index (χ1) is 34.2. The van der Waals surface area contributed by atoms with Crippen LogP contribution in [0, 0.1) is 28.9 Å². The highest BCUT2D eigenvalue weighted by molar-refractivity contribution is 6.13. The molecule has 2 aliphatic rings. The van der Waals surface area contributed by atoms with Crippen LogP contribution in [0.15, 0.2) is 66.9 Å². The maximum Gasteiger partial charge on any atom is 0.410 e. The summed E-state index contributed by atoms with van der Waals surface area (Å²) in [6.07, 6.45) is 2.70. The van der Waals surface area contributed by atoms with E-state index in [1.807, 2.05) is 60.6 Å². The third kappa shape index (κ3) is 18.1. The van der Waals surface area contributed by atoms with Crippen molar-refractivity contribution in [1.82, 2.24) is 34.9 Å². The fourth-order valence-corrected chi connectivity index (χ4v) is 8.48. The SMILES string of the molecule is CC(O)N(CC1CN(C(=O)OC(C)(C)C)CC1CNC(=O)CCOCCOCCOCCOCCNC(=O)CCN1C(=O)C=CC1=O)[C@@H](c1nc(-c2cc(F)ccc2F)cn1Cc1ccccc1)C(C)(C)C. The highest BCUT2D eigenvalue weighted by Crippen LogP contribution is 2.41. The van der Waals surface area contributed by atoms with Crippen molar-refractivity contribution in [3.63, 3.8) is 0 Å². The summed E-state index contributed by atoms with van der Waals surface area (Å²) in [6, 6.07) is 12.4. The summed E-state index contributed by atoms with van der Waals surface area (Å²) < 4.78 is 59.7. The van der Waals surface area contributed by atoms with Crippen LogP contribution in [-0.4, -0.2) is 163 Å². The molecule has 3 aromatic rings. The lowest BCUT2D eigenvalue weighted by atomic mass is 9.83. The van der Waals surface area contributed by atoms with Gasteiger partial charge in [0.2, 0.25) is 11.8 Å². The van der Waals surface area contributed by atoms with Gasteiger partial charge in [-0.15, -0.1) is 0 Å². The average molecular weight is 1010 g/mol. The zero-order valence-electron chi connectivity index (χ0n) is 42.7. The molecule has 0 spiro atoms. The number of imide groups is 1. The fraction of sp³-hybridized carbons (Fsp3) is 0.577. The standard InChI is InChI=1S/C52H73F2N7O11/c1-36(62)61(48(51(2,3)4)49-57-43(41-29-40(53)13-14-42(41)54)35-58(49)31-37-11-9-8-10-12-37)34-39-33-59(50(67)72-52(5,6)7)32-38(39)30-56-45(64)18-21-68-23-25-70-27-28-71-26-24-69-22-19-55-44(63)17-20-60-46(65)15-16-47(60)66/h8-16,29,35-36,38-39,48,62H,17-28,30-34H2,1-7H3,(H,55,63)(H,56,64)/t36?,38?,39?,48-/m0/s1. The van der Waals surface area contributed by atoms with Crippen LogP contribution >= 0.6 is 0 Å². The minimum atomic E-state index is -1.01. The minimum absolute atomic E-state index is 0.0126. The van der Waals surface area contributed by atoms with Crippen LogP contribution in [0.2, 0.25) is 0 Å². The van der Waals surface area contributed by atoms with E-state index in [4.69, 9.17) is 28.7 Å². The Labute approximate surface area is 421 Å². The monoisotopic (exact) mass is 1010 g/mol. The molecule has 1 saturated heterocycles. The van der Waals surface area contributed by atoms with Gasteiger partial charge in [-0.05, 0) is 68.7 Å². The normalized spacial score (nSPS) is 17.0. The highest BCUT2D eigenvalue weighted by Gasteiger charge is 2.43. The molecule has 3 unspecified atom stereocenters. The minimum Gasteiger partial charge on any atom is -0.444 e. The highest BCUT2D eigenvalue weighted by atomic mass is 19.1. The molecule has 5 amide bonds. The Hall–Kier alpha value is -5.64. The second kappa shape index (κ2) is 27.4. The number of aliphatic hydroxyl groups is 1. The van der Waals surface area contributed by atoms with E-state index < -0.39 is 52.8 Å². The Morgan fingerprint density at radius 1 is 0.806 bits per heavy atom. The van der Waals surface area contributed by atoms with Crippen molar-refractivity contribution in [2.75, 3.05) is 92.1 Å². The number of hydrogen-bond donors (Lipinski definition) is 3. The number of aromatic nitrogens is 2. The number of likely N-dealkylation sites (tertiary alicyclic amines) is 1. The van der Waals surface area contributed by atoms with Crippen LogP contribution in [0.4, 0.5) is 13.6 Å². The molecule has 1 fully saturated rings. The summed E-state index contributed by atoms with van der Waals surface area (Å²) in [5.74, 6) is -2.50.